The van der Waals surface area contributed by atoms with Crippen molar-refractivity contribution in [3.8, 4) is 0 Å². The highest BCUT2D eigenvalue weighted by molar-refractivity contribution is 8.21. The van der Waals surface area contributed by atoms with Crippen LogP contribution in [0, 0.1) is 5.92 Å². The van der Waals surface area contributed by atoms with Crippen LogP contribution in [-0.2, 0) is 8.87 Å². The first-order valence-electron chi connectivity index (χ1n) is 5.60. The molecule has 0 bridgehead atoms. The highest BCUT2D eigenvalue weighted by Crippen LogP contribution is 2.63. The second-order valence-corrected chi connectivity index (χ2v) is 8.80. The van der Waals surface area contributed by atoms with Crippen molar-refractivity contribution >= 4 is 40.8 Å². The van der Waals surface area contributed by atoms with Crippen LogP contribution in [0.5, 0.6) is 0 Å². The van der Waals surface area contributed by atoms with E-state index in [4.69, 9.17) is 0 Å². The van der Waals surface area contributed by atoms with E-state index in [9.17, 15) is 9.90 Å². The lowest BCUT2D eigenvalue weighted by molar-refractivity contribution is -0.141. The first kappa shape index (κ1) is 13.3. The van der Waals surface area contributed by atoms with Crippen LogP contribution in [0.15, 0.2) is 17.5 Å². The first-order chi connectivity index (χ1) is 7.97. The van der Waals surface area contributed by atoms with Gasteiger partial charge in [-0.3, -0.25) is 4.79 Å². The Bertz CT molecular complexity index is 392. The van der Waals surface area contributed by atoms with Crippen molar-refractivity contribution in [3.63, 3.8) is 0 Å². The molecule has 2 rings (SSSR count). The van der Waals surface area contributed by atoms with Crippen molar-refractivity contribution in [1.82, 2.24) is 0 Å². The number of hydrogen-bond acceptors (Lipinski definition) is 4. The van der Waals surface area contributed by atoms with Crippen molar-refractivity contribution < 1.29 is 9.90 Å². The van der Waals surface area contributed by atoms with Gasteiger partial charge in [-0.1, -0.05) is 19.9 Å². The van der Waals surface area contributed by atoms with Crippen molar-refractivity contribution in [3.05, 3.63) is 22.4 Å². The molecule has 1 fully saturated rings. The number of carbonyl (C=O) groups is 1. The lowest BCUT2D eigenvalue weighted by Gasteiger charge is -2.30. The number of carboxylic acids is 1. The fraction of sp³-hybridized carbons (Fsp3) is 0.583. The molecule has 0 saturated carbocycles. The van der Waals surface area contributed by atoms with Crippen molar-refractivity contribution in [2.24, 2.45) is 5.92 Å². The van der Waals surface area contributed by atoms with Gasteiger partial charge in [-0.25, -0.2) is 0 Å². The normalized spacial score (nSPS) is 34.8. The molecule has 2 nitrogen and oxygen atoms in total. The molecule has 1 aliphatic heterocycles. The molecule has 94 valence electrons. The standard InChI is InChI=1S/C12H16O2S3/c1-7(11(13)14)12(10-5-4-6-15-10)16-8(2)9(3)17-12/h4-9H,1-3H3,(H,13,14). The number of aliphatic carboxylic acids is 1. The van der Waals surface area contributed by atoms with Crippen LogP contribution in [0.25, 0.3) is 0 Å². The van der Waals surface area contributed by atoms with E-state index in [0.29, 0.717) is 10.5 Å². The molecule has 0 amide bonds. The second kappa shape index (κ2) is 4.86. The van der Waals surface area contributed by atoms with Crippen LogP contribution in [0.1, 0.15) is 25.6 Å². The van der Waals surface area contributed by atoms with Crippen LogP contribution in [0.2, 0.25) is 0 Å². The van der Waals surface area contributed by atoms with Gasteiger partial charge in [0, 0.05) is 15.4 Å². The van der Waals surface area contributed by atoms with Crippen LogP contribution in [0.3, 0.4) is 0 Å². The lowest BCUT2D eigenvalue weighted by Crippen LogP contribution is -2.30. The Morgan fingerprint density at radius 2 is 2.00 bits per heavy atom. The Hall–Kier alpha value is -0.130. The number of rotatable bonds is 3. The van der Waals surface area contributed by atoms with Gasteiger partial charge in [-0.15, -0.1) is 34.9 Å². The minimum absolute atomic E-state index is 0.307. The van der Waals surface area contributed by atoms with Crippen LogP contribution >= 0.6 is 34.9 Å². The fourth-order valence-corrected chi connectivity index (χ4v) is 7.26. The summed E-state index contributed by atoms with van der Waals surface area (Å²) >= 11 is 5.28. The van der Waals surface area contributed by atoms with E-state index in [1.54, 1.807) is 11.3 Å². The van der Waals surface area contributed by atoms with E-state index in [2.05, 4.69) is 19.9 Å². The summed E-state index contributed by atoms with van der Waals surface area (Å²) in [7, 11) is 0. The minimum atomic E-state index is -0.709. The summed E-state index contributed by atoms with van der Waals surface area (Å²) in [5, 5.41) is 12.4. The van der Waals surface area contributed by atoms with Crippen molar-refractivity contribution in [2.75, 3.05) is 0 Å². The Balaban J connectivity index is 2.41. The molecule has 0 radical (unpaired) electrons. The van der Waals surface area contributed by atoms with Crippen LogP contribution in [-0.4, -0.2) is 21.6 Å². The number of hydrogen-bond donors (Lipinski definition) is 1. The van der Waals surface area contributed by atoms with Gasteiger partial charge in [0.2, 0.25) is 0 Å². The second-order valence-electron chi connectivity index (χ2n) is 4.35. The number of thiophene rings is 1. The highest BCUT2D eigenvalue weighted by Gasteiger charge is 2.51. The van der Waals surface area contributed by atoms with Gasteiger partial charge in [-0.05, 0) is 18.4 Å². The summed E-state index contributed by atoms with van der Waals surface area (Å²) < 4.78 is -0.307. The lowest BCUT2D eigenvalue weighted by atomic mass is 10.1. The SMILES string of the molecule is CC1SC(c2cccs2)(C(C)C(=O)O)SC1C. The predicted octanol–water partition coefficient (Wildman–Crippen LogP) is 3.88. The Morgan fingerprint density at radius 3 is 2.41 bits per heavy atom. The van der Waals surface area contributed by atoms with Gasteiger partial charge in [0.25, 0.3) is 0 Å². The molecule has 1 aromatic heterocycles. The largest absolute Gasteiger partial charge is 0.481 e. The van der Waals surface area contributed by atoms with E-state index in [1.807, 2.05) is 41.9 Å². The third-order valence-corrected chi connectivity index (χ3v) is 8.61. The quantitative estimate of drug-likeness (QED) is 0.916. The average molecular weight is 288 g/mol. The Kier molecular flexibility index (Phi) is 3.80. The molecule has 2 heterocycles. The van der Waals surface area contributed by atoms with Crippen molar-refractivity contribution in [1.29, 1.82) is 0 Å². The summed E-state index contributed by atoms with van der Waals surface area (Å²) in [6, 6.07) is 4.07. The van der Waals surface area contributed by atoms with Gasteiger partial charge in [0.15, 0.2) is 0 Å². The molecule has 1 saturated heterocycles. The average Bonchev–Trinajstić information content (AvgIpc) is 2.87. The first-order valence-corrected chi connectivity index (χ1v) is 8.23. The zero-order valence-corrected chi connectivity index (χ0v) is 12.5. The van der Waals surface area contributed by atoms with Crippen LogP contribution < -0.4 is 0 Å². The maximum atomic E-state index is 11.4. The summed E-state index contributed by atoms with van der Waals surface area (Å²) in [5.74, 6) is -1.08. The fourth-order valence-electron chi connectivity index (χ4n) is 1.94. The van der Waals surface area contributed by atoms with E-state index in [0.717, 1.165) is 0 Å². The monoisotopic (exact) mass is 288 g/mol. The summed E-state index contributed by atoms with van der Waals surface area (Å²) in [4.78, 5) is 12.6. The minimum Gasteiger partial charge on any atom is -0.481 e. The van der Waals surface area contributed by atoms with Gasteiger partial charge in [0.05, 0.1) is 5.92 Å². The molecule has 1 N–H and O–H groups in total. The maximum Gasteiger partial charge on any atom is 0.308 e. The van der Waals surface area contributed by atoms with Gasteiger partial charge < -0.3 is 5.11 Å². The molecule has 3 unspecified atom stereocenters. The van der Waals surface area contributed by atoms with Crippen LogP contribution in [0.4, 0.5) is 0 Å². The summed E-state index contributed by atoms with van der Waals surface area (Å²) in [5.41, 5.74) is 0. The van der Waals surface area contributed by atoms with Gasteiger partial charge in [0.1, 0.15) is 4.08 Å². The van der Waals surface area contributed by atoms with E-state index in [-0.39, 0.29) is 10.00 Å². The summed E-state index contributed by atoms with van der Waals surface area (Å²) in [6.07, 6.45) is 0. The van der Waals surface area contributed by atoms with E-state index < -0.39 is 5.97 Å². The van der Waals surface area contributed by atoms with E-state index in [1.165, 1.54) is 4.88 Å². The maximum absolute atomic E-state index is 11.4. The van der Waals surface area contributed by atoms with Gasteiger partial charge in [-0.2, -0.15) is 0 Å². The smallest absolute Gasteiger partial charge is 0.308 e. The predicted molar refractivity (Wildman–Crippen MR) is 76.9 cm³/mol. The molecule has 0 aliphatic carbocycles. The molecule has 1 aliphatic rings. The topological polar surface area (TPSA) is 37.3 Å². The molecule has 1 aromatic rings. The highest BCUT2D eigenvalue weighted by atomic mass is 32.2. The number of thioether (sulfide) groups is 2. The summed E-state index contributed by atoms with van der Waals surface area (Å²) in [6.45, 7) is 6.20. The molecular formula is C12H16O2S3. The van der Waals surface area contributed by atoms with Gasteiger partial charge >= 0.3 is 5.97 Å². The molecule has 5 heteroatoms. The Labute approximate surface area is 114 Å². The molecular weight excluding hydrogens is 272 g/mol. The Morgan fingerprint density at radius 1 is 1.41 bits per heavy atom. The number of carboxylic acid groups (broad SMARTS) is 1. The zero-order chi connectivity index (χ0) is 12.6. The third kappa shape index (κ3) is 2.25. The molecule has 0 spiro atoms. The molecule has 0 aromatic carbocycles. The van der Waals surface area contributed by atoms with E-state index >= 15 is 0 Å². The molecule has 3 atom stereocenters. The third-order valence-electron chi connectivity index (χ3n) is 3.19. The molecule has 17 heavy (non-hydrogen) atoms. The zero-order valence-electron chi connectivity index (χ0n) is 10.0. The van der Waals surface area contributed by atoms with Crippen molar-refractivity contribution in [2.45, 2.75) is 35.4 Å².